The molecule has 6 aromatic carbocycles. The topological polar surface area (TPSA) is 38.0 Å². The molecule has 32 heavy (non-hydrogen) atoms. The van der Waals surface area contributed by atoms with Crippen molar-refractivity contribution >= 4 is 49.4 Å². The third kappa shape index (κ3) is 3.05. The van der Waals surface area contributed by atoms with Gasteiger partial charge in [0.2, 0.25) is 0 Å². The summed E-state index contributed by atoms with van der Waals surface area (Å²) in [5.74, 6) is 0. The molecule has 0 saturated heterocycles. The molecule has 6 rings (SSSR count). The van der Waals surface area contributed by atoms with E-state index >= 15 is 0 Å². The third-order valence-electron chi connectivity index (χ3n) is 6.17. The fourth-order valence-corrected chi connectivity index (χ4v) is 4.61. The highest BCUT2D eigenvalue weighted by atomic mass is 14.9. The van der Waals surface area contributed by atoms with Crippen LogP contribution < -0.4 is 11.1 Å². The second-order valence-electron chi connectivity index (χ2n) is 8.15. The molecular weight excluding hydrogens is 388 g/mol. The maximum Gasteiger partial charge on any atom is 0.0697 e. The molecule has 2 heteroatoms. The summed E-state index contributed by atoms with van der Waals surface area (Å²) >= 11 is 0. The van der Waals surface area contributed by atoms with E-state index in [0.29, 0.717) is 0 Å². The van der Waals surface area contributed by atoms with Crippen molar-refractivity contribution < 1.29 is 0 Å². The molecule has 0 aromatic heterocycles. The van der Waals surface area contributed by atoms with Gasteiger partial charge >= 0.3 is 0 Å². The largest absolute Gasteiger partial charge is 0.397 e. The van der Waals surface area contributed by atoms with Crippen molar-refractivity contribution in [1.29, 1.82) is 0 Å². The van der Waals surface area contributed by atoms with Gasteiger partial charge < -0.3 is 11.1 Å². The number of fused-ring (bicyclic) bond motifs is 4. The Morgan fingerprint density at radius 1 is 0.531 bits per heavy atom. The normalized spacial score (nSPS) is 11.2. The lowest BCUT2D eigenvalue weighted by molar-refractivity contribution is 1.55. The Morgan fingerprint density at radius 2 is 1.22 bits per heavy atom. The molecular formula is C30H22N2. The monoisotopic (exact) mass is 410 g/mol. The van der Waals surface area contributed by atoms with Gasteiger partial charge in [0, 0.05) is 16.6 Å². The molecule has 0 bridgehead atoms. The maximum atomic E-state index is 6.48. The molecule has 0 unspecified atom stereocenters. The summed E-state index contributed by atoms with van der Waals surface area (Å²) in [4.78, 5) is 0. The fraction of sp³-hybridized carbons (Fsp3) is 0. The lowest BCUT2D eigenvalue weighted by Gasteiger charge is -2.17. The lowest BCUT2D eigenvalue weighted by Crippen LogP contribution is -1.99. The number of anilines is 3. The molecule has 0 aliphatic heterocycles. The third-order valence-corrected chi connectivity index (χ3v) is 6.17. The van der Waals surface area contributed by atoms with Crippen molar-refractivity contribution in [3.8, 4) is 11.1 Å². The van der Waals surface area contributed by atoms with Crippen molar-refractivity contribution in [2.24, 2.45) is 0 Å². The number of hydrogen-bond donors (Lipinski definition) is 2. The second-order valence-corrected chi connectivity index (χ2v) is 8.15. The molecule has 0 amide bonds. The van der Waals surface area contributed by atoms with E-state index in [1.54, 1.807) is 0 Å². The highest BCUT2D eigenvalue weighted by Crippen LogP contribution is 2.39. The van der Waals surface area contributed by atoms with E-state index in [4.69, 9.17) is 5.73 Å². The zero-order valence-electron chi connectivity index (χ0n) is 17.5. The van der Waals surface area contributed by atoms with Crippen molar-refractivity contribution in [2.45, 2.75) is 0 Å². The molecule has 2 nitrogen and oxygen atoms in total. The Morgan fingerprint density at radius 3 is 2.06 bits per heavy atom. The van der Waals surface area contributed by atoms with Crippen LogP contribution in [0.4, 0.5) is 17.1 Å². The SMILES string of the molecule is Nc1cccc(-c2ccccc2)c1Nc1cccc2ccc3cc4ccccc4cc3c12. The van der Waals surface area contributed by atoms with Gasteiger partial charge in [-0.15, -0.1) is 0 Å². The number of rotatable bonds is 3. The van der Waals surface area contributed by atoms with E-state index in [2.05, 4.69) is 102 Å². The predicted molar refractivity (Wildman–Crippen MR) is 139 cm³/mol. The minimum Gasteiger partial charge on any atom is -0.397 e. The first-order valence-corrected chi connectivity index (χ1v) is 10.8. The minimum absolute atomic E-state index is 0.731. The van der Waals surface area contributed by atoms with Crippen LogP contribution in [-0.2, 0) is 0 Å². The van der Waals surface area contributed by atoms with Crippen molar-refractivity contribution in [1.82, 2.24) is 0 Å². The van der Waals surface area contributed by atoms with Crippen LogP contribution in [-0.4, -0.2) is 0 Å². The average molecular weight is 411 g/mol. The summed E-state index contributed by atoms with van der Waals surface area (Å²) < 4.78 is 0. The van der Waals surface area contributed by atoms with Crippen LogP contribution >= 0.6 is 0 Å². The number of hydrogen-bond acceptors (Lipinski definition) is 2. The predicted octanol–water partition coefficient (Wildman–Crippen LogP) is 8.14. The van der Waals surface area contributed by atoms with E-state index in [-0.39, 0.29) is 0 Å². The standard InChI is InChI=1S/C30H22N2/c31-27-14-7-13-25(20-8-2-1-3-9-20)30(27)32-28-15-6-12-21-16-17-24-18-22-10-4-5-11-23(22)19-26(24)29(21)28/h1-19,32H,31H2. The first-order chi connectivity index (χ1) is 15.8. The van der Waals surface area contributed by atoms with Gasteiger partial charge in [-0.3, -0.25) is 0 Å². The van der Waals surface area contributed by atoms with Crippen LogP contribution in [0.5, 0.6) is 0 Å². The second kappa shape index (κ2) is 7.44. The number of nitrogen functional groups attached to an aromatic ring is 1. The van der Waals surface area contributed by atoms with Crippen LogP contribution in [0.2, 0.25) is 0 Å². The van der Waals surface area contributed by atoms with Crippen LogP contribution in [0.25, 0.3) is 43.4 Å². The summed E-state index contributed by atoms with van der Waals surface area (Å²) in [6, 6.07) is 40.3. The van der Waals surface area contributed by atoms with E-state index < -0.39 is 0 Å². The van der Waals surface area contributed by atoms with Crippen molar-refractivity contribution in [3.05, 3.63) is 115 Å². The Kier molecular flexibility index (Phi) is 4.29. The Balaban J connectivity index is 1.60. The Bertz CT molecular complexity index is 1600. The molecule has 6 aromatic rings. The highest BCUT2D eigenvalue weighted by molar-refractivity contribution is 6.17. The van der Waals surface area contributed by atoms with Crippen LogP contribution in [0.3, 0.4) is 0 Å². The zero-order valence-corrected chi connectivity index (χ0v) is 17.5. The van der Waals surface area contributed by atoms with Crippen LogP contribution in [0.15, 0.2) is 115 Å². The summed E-state index contributed by atoms with van der Waals surface area (Å²) in [7, 11) is 0. The van der Waals surface area contributed by atoms with Gasteiger partial charge in [-0.1, -0.05) is 91.0 Å². The smallest absolute Gasteiger partial charge is 0.0697 e. The molecule has 0 radical (unpaired) electrons. The highest BCUT2D eigenvalue weighted by Gasteiger charge is 2.12. The van der Waals surface area contributed by atoms with E-state index in [9.17, 15) is 0 Å². The molecule has 0 heterocycles. The van der Waals surface area contributed by atoms with Gasteiger partial charge in [-0.25, -0.2) is 0 Å². The first-order valence-electron chi connectivity index (χ1n) is 10.8. The van der Waals surface area contributed by atoms with Crippen molar-refractivity contribution in [2.75, 3.05) is 11.1 Å². The molecule has 3 N–H and O–H groups in total. The average Bonchev–Trinajstić information content (AvgIpc) is 2.84. The van der Waals surface area contributed by atoms with Gasteiger partial charge in [0.15, 0.2) is 0 Å². The summed E-state index contributed by atoms with van der Waals surface area (Å²) in [6.45, 7) is 0. The van der Waals surface area contributed by atoms with Gasteiger partial charge in [-0.2, -0.15) is 0 Å². The summed E-state index contributed by atoms with van der Waals surface area (Å²) in [5.41, 5.74) is 11.4. The number of nitrogens with two attached hydrogens (primary N) is 1. The van der Waals surface area contributed by atoms with Gasteiger partial charge in [0.25, 0.3) is 0 Å². The zero-order chi connectivity index (χ0) is 21.5. The summed E-state index contributed by atoms with van der Waals surface area (Å²) in [6.07, 6.45) is 0. The van der Waals surface area contributed by atoms with E-state index in [1.165, 1.54) is 32.3 Å². The number of nitrogens with one attached hydrogen (secondary N) is 1. The van der Waals surface area contributed by atoms with E-state index in [1.807, 2.05) is 18.2 Å². The van der Waals surface area contributed by atoms with Crippen LogP contribution in [0.1, 0.15) is 0 Å². The Hall–Kier alpha value is -4.30. The number of para-hydroxylation sites is 1. The quantitative estimate of drug-likeness (QED) is 0.175. The summed E-state index contributed by atoms with van der Waals surface area (Å²) in [5, 5.41) is 11.1. The molecule has 0 fully saturated rings. The van der Waals surface area contributed by atoms with Gasteiger partial charge in [0.1, 0.15) is 0 Å². The maximum absolute atomic E-state index is 6.48. The molecule has 152 valence electrons. The molecule has 0 saturated carbocycles. The minimum atomic E-state index is 0.731. The molecule has 0 aliphatic carbocycles. The van der Waals surface area contributed by atoms with Gasteiger partial charge in [-0.05, 0) is 56.8 Å². The molecule has 0 aliphatic rings. The van der Waals surface area contributed by atoms with E-state index in [0.717, 1.165) is 28.2 Å². The Labute approximate surface area is 186 Å². The van der Waals surface area contributed by atoms with Crippen molar-refractivity contribution in [3.63, 3.8) is 0 Å². The first kappa shape index (κ1) is 18.5. The molecule has 0 spiro atoms. The molecule has 0 atom stereocenters. The lowest BCUT2D eigenvalue weighted by atomic mass is 9.96. The van der Waals surface area contributed by atoms with Crippen LogP contribution in [0, 0.1) is 0 Å². The fourth-order valence-electron chi connectivity index (χ4n) is 4.61. The van der Waals surface area contributed by atoms with Gasteiger partial charge in [0.05, 0.1) is 11.4 Å². The number of benzene rings is 6.